The van der Waals surface area contributed by atoms with Gasteiger partial charge in [-0.3, -0.25) is 0 Å². The maximum absolute atomic E-state index is 5.16. The normalized spacial score (nSPS) is 11.0. The maximum atomic E-state index is 5.16. The second kappa shape index (κ2) is 10.7. The van der Waals surface area contributed by atoms with Gasteiger partial charge < -0.3 is 4.74 Å². The highest BCUT2D eigenvalue weighted by Crippen LogP contribution is 2.27. The molecular weight excluding hydrogens is 328 g/mol. The molecule has 2 aromatic carbocycles. The molecule has 4 heteroatoms. The van der Waals surface area contributed by atoms with Gasteiger partial charge >= 0.3 is 0 Å². The van der Waals surface area contributed by atoms with Crippen LogP contribution in [0.15, 0.2) is 66.1 Å². The molecule has 0 unspecified atom stereocenters. The van der Waals surface area contributed by atoms with Gasteiger partial charge in [0.1, 0.15) is 5.75 Å². The van der Waals surface area contributed by atoms with E-state index >= 15 is 0 Å². The van der Waals surface area contributed by atoms with E-state index in [0.29, 0.717) is 0 Å². The van der Waals surface area contributed by atoms with E-state index in [-0.39, 0.29) is 0 Å². The minimum atomic E-state index is 0.914. The van der Waals surface area contributed by atoms with Gasteiger partial charge in [0.15, 0.2) is 0 Å². The van der Waals surface area contributed by atoms with E-state index in [4.69, 9.17) is 4.74 Å². The lowest BCUT2D eigenvalue weighted by Gasteiger charge is -2.02. The highest BCUT2D eigenvalue weighted by molar-refractivity contribution is 8.77. The number of ether oxygens (including phenoxy) is 1. The first-order valence-electron chi connectivity index (χ1n) is 7.06. The fraction of sp³-hybridized carbons (Fsp3) is 0.222. The minimum absolute atomic E-state index is 0.914. The summed E-state index contributed by atoms with van der Waals surface area (Å²) in [5, 5.41) is 2.19. The molecule has 0 saturated heterocycles. The number of thioether (sulfide) groups is 1. The Morgan fingerprint density at radius 2 is 1.64 bits per heavy atom. The number of hydrogen-bond acceptors (Lipinski definition) is 4. The van der Waals surface area contributed by atoms with E-state index < -0.39 is 0 Å². The SMILES string of the molecule is COc1ccc(CSS/C=C\CSCc2ccccc2)cc1. The van der Waals surface area contributed by atoms with Crippen molar-refractivity contribution in [2.75, 3.05) is 12.9 Å². The third-order valence-corrected chi connectivity index (χ3v) is 5.88. The van der Waals surface area contributed by atoms with Crippen molar-refractivity contribution in [1.29, 1.82) is 0 Å². The Hall–Kier alpha value is -0.970. The Labute approximate surface area is 145 Å². The van der Waals surface area contributed by atoms with Crippen LogP contribution in [0.25, 0.3) is 0 Å². The second-order valence-corrected chi connectivity index (χ2v) is 7.88. The smallest absolute Gasteiger partial charge is 0.118 e. The van der Waals surface area contributed by atoms with Crippen molar-refractivity contribution in [3.8, 4) is 5.75 Å². The van der Waals surface area contributed by atoms with Crippen LogP contribution in [0.3, 0.4) is 0 Å². The van der Waals surface area contributed by atoms with Crippen LogP contribution in [0.2, 0.25) is 0 Å². The molecule has 0 atom stereocenters. The monoisotopic (exact) mass is 348 g/mol. The minimum Gasteiger partial charge on any atom is -0.497 e. The molecule has 0 fully saturated rings. The van der Waals surface area contributed by atoms with Crippen molar-refractivity contribution in [1.82, 2.24) is 0 Å². The zero-order valence-corrected chi connectivity index (χ0v) is 15.1. The van der Waals surface area contributed by atoms with Gasteiger partial charge in [-0.1, -0.05) is 70.1 Å². The second-order valence-electron chi connectivity index (χ2n) is 4.58. The van der Waals surface area contributed by atoms with Gasteiger partial charge in [-0.05, 0) is 28.7 Å². The molecule has 0 amide bonds. The van der Waals surface area contributed by atoms with Gasteiger partial charge in [0.2, 0.25) is 0 Å². The van der Waals surface area contributed by atoms with Crippen LogP contribution >= 0.6 is 33.3 Å². The number of hydrogen-bond donors (Lipinski definition) is 0. The molecule has 0 aromatic heterocycles. The van der Waals surface area contributed by atoms with Crippen molar-refractivity contribution < 1.29 is 4.74 Å². The van der Waals surface area contributed by atoms with Crippen LogP contribution in [0.1, 0.15) is 11.1 Å². The largest absolute Gasteiger partial charge is 0.497 e. The molecule has 2 rings (SSSR count). The highest BCUT2D eigenvalue weighted by atomic mass is 33.1. The summed E-state index contributed by atoms with van der Waals surface area (Å²) in [5.41, 5.74) is 2.72. The lowest BCUT2D eigenvalue weighted by molar-refractivity contribution is 0.414. The molecule has 116 valence electrons. The maximum Gasteiger partial charge on any atom is 0.118 e. The van der Waals surface area contributed by atoms with Crippen LogP contribution in [0.4, 0.5) is 0 Å². The van der Waals surface area contributed by atoms with Gasteiger partial charge in [0, 0.05) is 17.3 Å². The van der Waals surface area contributed by atoms with Crippen molar-refractivity contribution in [3.63, 3.8) is 0 Å². The third kappa shape index (κ3) is 6.86. The molecular formula is C18H20OS3. The van der Waals surface area contributed by atoms with E-state index in [2.05, 4.69) is 53.9 Å². The van der Waals surface area contributed by atoms with E-state index in [1.165, 1.54) is 11.1 Å². The first-order valence-corrected chi connectivity index (χ1v) is 10.6. The van der Waals surface area contributed by atoms with Crippen LogP contribution in [-0.2, 0) is 11.5 Å². The molecule has 2 aromatic rings. The average molecular weight is 349 g/mol. The highest BCUT2D eigenvalue weighted by Gasteiger charge is 1.95. The summed E-state index contributed by atoms with van der Waals surface area (Å²) in [4.78, 5) is 0. The van der Waals surface area contributed by atoms with Crippen molar-refractivity contribution in [2.24, 2.45) is 0 Å². The summed E-state index contributed by atoms with van der Waals surface area (Å²) in [6.45, 7) is 0. The Balaban J connectivity index is 1.54. The Morgan fingerprint density at radius 3 is 2.36 bits per heavy atom. The Morgan fingerprint density at radius 1 is 0.909 bits per heavy atom. The van der Waals surface area contributed by atoms with Gasteiger partial charge in [-0.15, -0.1) is 0 Å². The molecule has 0 aliphatic rings. The van der Waals surface area contributed by atoms with Crippen molar-refractivity contribution in [2.45, 2.75) is 11.5 Å². The standard InChI is InChI=1S/C18H20OS3/c1-19-18-10-8-17(9-11-18)15-22-21-13-5-12-20-14-16-6-3-2-4-7-16/h2-11,13H,12,14-15H2,1H3/b13-5-. The van der Waals surface area contributed by atoms with Crippen LogP contribution < -0.4 is 4.74 Å². The molecule has 0 radical (unpaired) electrons. The molecule has 0 bridgehead atoms. The Kier molecular flexibility index (Phi) is 8.46. The number of benzene rings is 2. The quantitative estimate of drug-likeness (QED) is 0.404. The van der Waals surface area contributed by atoms with Crippen LogP contribution in [-0.4, -0.2) is 12.9 Å². The number of rotatable bonds is 9. The zero-order chi connectivity index (χ0) is 15.5. The van der Waals surface area contributed by atoms with Gasteiger partial charge in [-0.25, -0.2) is 0 Å². The number of methoxy groups -OCH3 is 1. The summed E-state index contributed by atoms with van der Waals surface area (Å²) in [6, 6.07) is 18.9. The summed E-state index contributed by atoms with van der Waals surface area (Å²) in [6.07, 6.45) is 2.24. The van der Waals surface area contributed by atoms with Crippen LogP contribution in [0, 0.1) is 0 Å². The van der Waals surface area contributed by atoms with E-state index in [0.717, 1.165) is 23.0 Å². The molecule has 0 spiro atoms. The summed E-state index contributed by atoms with van der Waals surface area (Å²) in [7, 11) is 5.34. The molecule has 0 heterocycles. The third-order valence-electron chi connectivity index (χ3n) is 2.93. The van der Waals surface area contributed by atoms with Gasteiger partial charge in [0.25, 0.3) is 0 Å². The first kappa shape index (κ1) is 17.4. The van der Waals surface area contributed by atoms with Crippen molar-refractivity contribution in [3.05, 3.63) is 77.2 Å². The molecule has 0 aliphatic heterocycles. The molecule has 0 N–H and O–H groups in total. The molecule has 0 saturated carbocycles. The summed E-state index contributed by atoms with van der Waals surface area (Å²) >= 11 is 1.94. The van der Waals surface area contributed by atoms with E-state index in [9.17, 15) is 0 Å². The molecule has 22 heavy (non-hydrogen) atoms. The van der Waals surface area contributed by atoms with E-state index in [1.807, 2.05) is 34.7 Å². The molecule has 0 aliphatic carbocycles. The zero-order valence-electron chi connectivity index (χ0n) is 12.6. The lowest BCUT2D eigenvalue weighted by Crippen LogP contribution is -1.83. The van der Waals surface area contributed by atoms with Gasteiger partial charge in [0.05, 0.1) is 7.11 Å². The molecule has 1 nitrogen and oxygen atoms in total. The van der Waals surface area contributed by atoms with E-state index in [1.54, 1.807) is 17.9 Å². The van der Waals surface area contributed by atoms with Crippen molar-refractivity contribution >= 4 is 33.3 Å². The fourth-order valence-corrected chi connectivity index (χ4v) is 4.39. The predicted octanol–water partition coefficient (Wildman–Crippen LogP) is 6.02. The van der Waals surface area contributed by atoms with Crippen LogP contribution in [0.5, 0.6) is 5.75 Å². The topological polar surface area (TPSA) is 9.23 Å². The first-order chi connectivity index (χ1) is 10.9. The lowest BCUT2D eigenvalue weighted by atomic mass is 10.2. The van der Waals surface area contributed by atoms with Gasteiger partial charge in [-0.2, -0.15) is 11.8 Å². The fourth-order valence-electron chi connectivity index (χ4n) is 1.76. The average Bonchev–Trinajstić information content (AvgIpc) is 2.59. The summed E-state index contributed by atoms with van der Waals surface area (Å²) < 4.78 is 5.16. The predicted molar refractivity (Wildman–Crippen MR) is 104 cm³/mol. The Bertz CT molecular complexity index is 552. The summed E-state index contributed by atoms with van der Waals surface area (Å²) in [5.74, 6) is 4.06.